The monoisotopic (exact) mass is 387 g/mol. The molecule has 7 heteroatoms. The molecule has 3 rings (SSSR count). The Labute approximate surface area is 161 Å². The van der Waals surface area contributed by atoms with Crippen LogP contribution in [0.25, 0.3) is 10.4 Å². The van der Waals surface area contributed by atoms with Gasteiger partial charge in [-0.1, -0.05) is 24.3 Å². The number of hydrogen-bond donors (Lipinski definition) is 1. The number of ether oxygens (including phenoxy) is 2. The van der Waals surface area contributed by atoms with Crippen molar-refractivity contribution in [2.45, 2.75) is 33.1 Å². The molecular weight excluding hydrogens is 366 g/mol. The highest BCUT2D eigenvalue weighted by Crippen LogP contribution is 2.47. The number of hydrogen-bond acceptors (Lipinski definition) is 6. The fourth-order valence-electron chi connectivity index (χ4n) is 3.08. The number of amides is 1. The largest absolute Gasteiger partial charge is 0.466 e. The van der Waals surface area contributed by atoms with Gasteiger partial charge in [0.25, 0.3) is 0 Å². The summed E-state index contributed by atoms with van der Waals surface area (Å²) in [5.74, 6) is -1.19. The van der Waals surface area contributed by atoms with Gasteiger partial charge in [0.2, 0.25) is 5.91 Å². The Morgan fingerprint density at radius 3 is 2.56 bits per heavy atom. The van der Waals surface area contributed by atoms with E-state index in [4.69, 9.17) is 9.47 Å². The minimum atomic E-state index is -0.441. The number of carbonyl (C=O) groups excluding carboxylic acids is 3. The summed E-state index contributed by atoms with van der Waals surface area (Å²) in [7, 11) is 0. The summed E-state index contributed by atoms with van der Waals surface area (Å²) in [4.78, 5) is 37.2. The number of anilines is 1. The Hall–Kier alpha value is -2.67. The van der Waals surface area contributed by atoms with Crippen LogP contribution in [-0.4, -0.2) is 31.1 Å². The molecule has 0 aliphatic heterocycles. The molecule has 0 saturated carbocycles. The lowest BCUT2D eigenvalue weighted by Gasteiger charge is -2.08. The maximum absolute atomic E-state index is 12.5. The first kappa shape index (κ1) is 19.1. The van der Waals surface area contributed by atoms with Crippen molar-refractivity contribution >= 4 is 34.2 Å². The van der Waals surface area contributed by atoms with Crippen LogP contribution in [0.5, 0.6) is 0 Å². The highest BCUT2D eigenvalue weighted by atomic mass is 32.1. The standard InChI is InChI=1S/C20H21NO5S/c1-3-25-16(23)10-9-15(22)21-19-17(20(24)26-4-2)14-11-12-7-5-6-8-13(12)18(14)27-19/h5-8H,3-4,9-11H2,1-2H3,(H,21,22). The zero-order valence-corrected chi connectivity index (χ0v) is 16.1. The van der Waals surface area contributed by atoms with Crippen molar-refractivity contribution in [1.29, 1.82) is 0 Å². The van der Waals surface area contributed by atoms with E-state index in [9.17, 15) is 14.4 Å². The van der Waals surface area contributed by atoms with Crippen molar-refractivity contribution in [2.75, 3.05) is 18.5 Å². The van der Waals surface area contributed by atoms with Gasteiger partial charge in [-0.25, -0.2) is 4.79 Å². The van der Waals surface area contributed by atoms with Gasteiger partial charge in [0.15, 0.2) is 0 Å². The molecule has 0 radical (unpaired) electrons. The van der Waals surface area contributed by atoms with Gasteiger partial charge < -0.3 is 14.8 Å². The molecule has 27 heavy (non-hydrogen) atoms. The van der Waals surface area contributed by atoms with E-state index in [1.165, 1.54) is 11.3 Å². The molecule has 0 atom stereocenters. The van der Waals surface area contributed by atoms with Crippen LogP contribution in [0.1, 0.15) is 48.2 Å². The van der Waals surface area contributed by atoms with Crippen LogP contribution in [-0.2, 0) is 25.5 Å². The number of fused-ring (bicyclic) bond motifs is 3. The predicted molar refractivity (Wildman–Crippen MR) is 103 cm³/mol. The number of rotatable bonds is 7. The predicted octanol–water partition coefficient (Wildman–Crippen LogP) is 3.78. The summed E-state index contributed by atoms with van der Waals surface area (Å²) in [6.45, 7) is 4.00. The zero-order chi connectivity index (χ0) is 19.4. The molecule has 0 saturated heterocycles. The van der Waals surface area contributed by atoms with E-state index in [-0.39, 0.29) is 32.0 Å². The maximum atomic E-state index is 12.5. The summed E-state index contributed by atoms with van der Waals surface area (Å²) in [5.41, 5.74) is 3.54. The minimum absolute atomic E-state index is 0.000250. The second kappa shape index (κ2) is 8.35. The third-order valence-corrected chi connectivity index (χ3v) is 5.41. The Balaban J connectivity index is 1.84. The van der Waals surface area contributed by atoms with Crippen LogP contribution in [0.4, 0.5) is 5.00 Å². The topological polar surface area (TPSA) is 81.7 Å². The molecule has 1 aromatic carbocycles. The third-order valence-electron chi connectivity index (χ3n) is 4.23. The van der Waals surface area contributed by atoms with E-state index < -0.39 is 11.9 Å². The first-order valence-corrected chi connectivity index (χ1v) is 9.73. The van der Waals surface area contributed by atoms with Crippen LogP contribution in [0, 0.1) is 0 Å². The molecule has 1 heterocycles. The SMILES string of the molecule is CCOC(=O)CCC(=O)Nc1sc2c(c1C(=O)OCC)Cc1ccccc1-2. The van der Waals surface area contributed by atoms with Crippen molar-refractivity contribution in [3.63, 3.8) is 0 Å². The molecule has 0 fully saturated rings. The number of esters is 2. The first-order valence-electron chi connectivity index (χ1n) is 8.91. The maximum Gasteiger partial charge on any atom is 0.341 e. The fourth-order valence-corrected chi connectivity index (χ4v) is 4.37. The van der Waals surface area contributed by atoms with Crippen molar-refractivity contribution < 1.29 is 23.9 Å². The Bertz CT molecular complexity index is 886. The minimum Gasteiger partial charge on any atom is -0.466 e. The highest BCUT2D eigenvalue weighted by molar-refractivity contribution is 7.20. The molecule has 1 aliphatic rings. The van der Waals surface area contributed by atoms with E-state index in [0.29, 0.717) is 17.0 Å². The summed E-state index contributed by atoms with van der Waals surface area (Å²) in [6, 6.07) is 7.97. The molecular formula is C20H21NO5S. The van der Waals surface area contributed by atoms with Gasteiger partial charge in [-0.05, 0) is 30.5 Å². The summed E-state index contributed by atoms with van der Waals surface area (Å²) in [5, 5.41) is 3.25. The fraction of sp³-hybridized carbons (Fsp3) is 0.350. The number of benzene rings is 1. The van der Waals surface area contributed by atoms with E-state index in [1.54, 1.807) is 13.8 Å². The molecule has 0 unspecified atom stereocenters. The quantitative estimate of drug-likeness (QED) is 0.624. The van der Waals surface area contributed by atoms with Crippen molar-refractivity contribution in [2.24, 2.45) is 0 Å². The number of carbonyl (C=O) groups is 3. The number of nitrogens with one attached hydrogen (secondary N) is 1. The van der Waals surface area contributed by atoms with E-state index in [1.807, 2.05) is 24.3 Å². The van der Waals surface area contributed by atoms with Crippen LogP contribution in [0.2, 0.25) is 0 Å². The lowest BCUT2D eigenvalue weighted by atomic mass is 10.1. The summed E-state index contributed by atoms with van der Waals surface area (Å²) in [6.07, 6.45) is 0.636. The lowest BCUT2D eigenvalue weighted by Crippen LogP contribution is -2.16. The average Bonchev–Trinajstić information content (AvgIpc) is 3.16. The Morgan fingerprint density at radius 1 is 1.07 bits per heavy atom. The molecule has 1 amide bonds. The van der Waals surface area contributed by atoms with Gasteiger partial charge in [-0.15, -0.1) is 11.3 Å². The Morgan fingerprint density at radius 2 is 1.81 bits per heavy atom. The molecule has 142 valence electrons. The van der Waals surface area contributed by atoms with E-state index in [0.717, 1.165) is 21.6 Å². The van der Waals surface area contributed by atoms with Crippen molar-refractivity contribution in [3.8, 4) is 10.4 Å². The first-order chi connectivity index (χ1) is 13.0. The zero-order valence-electron chi connectivity index (χ0n) is 15.3. The summed E-state index contributed by atoms with van der Waals surface area (Å²) >= 11 is 1.37. The van der Waals surface area contributed by atoms with Gasteiger partial charge in [0, 0.05) is 17.7 Å². The third kappa shape index (κ3) is 4.03. The normalized spacial score (nSPS) is 11.5. The molecule has 0 spiro atoms. The summed E-state index contributed by atoms with van der Waals surface area (Å²) < 4.78 is 10.0. The second-order valence-electron chi connectivity index (χ2n) is 6.02. The van der Waals surface area contributed by atoms with E-state index in [2.05, 4.69) is 5.32 Å². The second-order valence-corrected chi connectivity index (χ2v) is 7.04. The van der Waals surface area contributed by atoms with Crippen LogP contribution in [0.15, 0.2) is 24.3 Å². The van der Waals surface area contributed by atoms with Crippen LogP contribution >= 0.6 is 11.3 Å². The smallest absolute Gasteiger partial charge is 0.341 e. The van der Waals surface area contributed by atoms with Crippen molar-refractivity contribution in [3.05, 3.63) is 41.0 Å². The molecule has 1 aromatic heterocycles. The van der Waals surface area contributed by atoms with Gasteiger partial charge in [-0.2, -0.15) is 0 Å². The highest BCUT2D eigenvalue weighted by Gasteiger charge is 2.31. The lowest BCUT2D eigenvalue weighted by molar-refractivity contribution is -0.144. The van der Waals surface area contributed by atoms with Crippen LogP contribution in [0.3, 0.4) is 0 Å². The van der Waals surface area contributed by atoms with Crippen LogP contribution < -0.4 is 5.32 Å². The van der Waals surface area contributed by atoms with Gasteiger partial charge in [0.05, 0.1) is 25.2 Å². The molecule has 0 bridgehead atoms. The van der Waals surface area contributed by atoms with Gasteiger partial charge in [-0.3, -0.25) is 9.59 Å². The molecule has 1 aliphatic carbocycles. The van der Waals surface area contributed by atoms with E-state index >= 15 is 0 Å². The van der Waals surface area contributed by atoms with Crippen molar-refractivity contribution in [1.82, 2.24) is 0 Å². The Kier molecular flexibility index (Phi) is 5.91. The number of thiophene rings is 1. The average molecular weight is 387 g/mol. The van der Waals surface area contributed by atoms with Gasteiger partial charge >= 0.3 is 11.9 Å². The molecule has 1 N–H and O–H groups in total. The van der Waals surface area contributed by atoms with Gasteiger partial charge in [0.1, 0.15) is 5.00 Å². The molecule has 6 nitrogen and oxygen atoms in total. The molecule has 2 aromatic rings.